The predicted molar refractivity (Wildman–Crippen MR) is 148 cm³/mol. The van der Waals surface area contributed by atoms with Gasteiger partial charge in [0.2, 0.25) is 0 Å². The number of allylic oxidation sites excluding steroid dienone is 3. The molecule has 4 aromatic rings. The molecule has 36 heavy (non-hydrogen) atoms. The van der Waals surface area contributed by atoms with Gasteiger partial charge in [0, 0.05) is 58.2 Å². The normalized spacial score (nSPS) is 16.7. The van der Waals surface area contributed by atoms with E-state index < -0.39 is 0 Å². The van der Waals surface area contributed by atoms with E-state index in [4.69, 9.17) is 22.3 Å². The minimum absolute atomic E-state index is 0.0404. The molecule has 1 aromatic carbocycles. The smallest absolute Gasteiger partial charge is 0.137 e. The van der Waals surface area contributed by atoms with Gasteiger partial charge in [-0.3, -0.25) is 4.68 Å². The van der Waals surface area contributed by atoms with Crippen LogP contribution in [0.25, 0.3) is 22.2 Å². The molecule has 184 valence electrons. The van der Waals surface area contributed by atoms with E-state index in [9.17, 15) is 0 Å². The van der Waals surface area contributed by atoms with Crippen LogP contribution in [0.2, 0.25) is 5.02 Å². The number of nitrogens with one attached hydrogen (secondary N) is 1. The summed E-state index contributed by atoms with van der Waals surface area (Å²) in [5.74, 6) is 0.478. The summed E-state index contributed by atoms with van der Waals surface area (Å²) in [5, 5.41) is 6.06. The Hall–Kier alpha value is -3.64. The summed E-state index contributed by atoms with van der Waals surface area (Å²) in [6.45, 7) is 4.12. The Bertz CT molecular complexity index is 1480. The van der Waals surface area contributed by atoms with Gasteiger partial charge in [0.25, 0.3) is 0 Å². The molecule has 0 atom stereocenters. The van der Waals surface area contributed by atoms with Crippen molar-refractivity contribution in [1.82, 2.24) is 19.7 Å². The Balaban J connectivity index is 1.64. The van der Waals surface area contributed by atoms with Gasteiger partial charge in [-0.1, -0.05) is 42.1 Å². The molecule has 5 rings (SSSR count). The minimum Gasteiger partial charge on any atom is -0.384 e. The molecule has 6 nitrogen and oxygen atoms in total. The van der Waals surface area contributed by atoms with E-state index in [2.05, 4.69) is 46.3 Å². The van der Waals surface area contributed by atoms with Crippen LogP contribution in [0.15, 0.2) is 83.7 Å². The van der Waals surface area contributed by atoms with Gasteiger partial charge in [0.1, 0.15) is 11.5 Å². The number of nitrogens with zero attached hydrogens (tertiary/aromatic N) is 4. The second-order valence-electron chi connectivity index (χ2n) is 9.56. The largest absolute Gasteiger partial charge is 0.384 e. The van der Waals surface area contributed by atoms with Crippen LogP contribution in [-0.2, 0) is 12.5 Å². The lowest BCUT2D eigenvalue weighted by molar-refractivity contribution is 0.523. The lowest BCUT2D eigenvalue weighted by Crippen LogP contribution is -2.24. The van der Waals surface area contributed by atoms with Crippen LogP contribution in [0.5, 0.6) is 0 Å². The Morgan fingerprint density at radius 2 is 1.92 bits per heavy atom. The molecule has 1 saturated carbocycles. The zero-order chi connectivity index (χ0) is 25.3. The number of pyridine rings is 1. The van der Waals surface area contributed by atoms with Gasteiger partial charge < -0.3 is 10.7 Å². The number of hydrogen-bond acceptors (Lipinski definition) is 4. The van der Waals surface area contributed by atoms with Gasteiger partial charge in [0.15, 0.2) is 0 Å². The number of fused-ring (bicyclic) bond motifs is 1. The summed E-state index contributed by atoms with van der Waals surface area (Å²) < 4.78 is 1.79. The first kappa shape index (κ1) is 24.1. The number of hydrogen-bond donors (Lipinski definition) is 2. The summed E-state index contributed by atoms with van der Waals surface area (Å²) in [5.41, 5.74) is 13.4. The lowest BCUT2D eigenvalue weighted by atomic mass is 9.72. The summed E-state index contributed by atoms with van der Waals surface area (Å²) in [6, 6.07) is 10.4. The molecule has 0 saturated heterocycles. The van der Waals surface area contributed by atoms with E-state index >= 15 is 0 Å². The number of aromatic amines is 1. The van der Waals surface area contributed by atoms with E-state index in [1.165, 1.54) is 24.0 Å². The number of aromatic nitrogens is 4. The first-order chi connectivity index (χ1) is 17.4. The first-order valence-corrected chi connectivity index (χ1v) is 12.7. The van der Waals surface area contributed by atoms with Crippen LogP contribution in [0.4, 0.5) is 0 Å². The number of aryl methyl sites for hydroxylation is 1. The number of halogens is 1. The average Bonchev–Trinajstić information content (AvgIpc) is 3.63. The van der Waals surface area contributed by atoms with Crippen LogP contribution in [0.3, 0.4) is 0 Å². The summed E-state index contributed by atoms with van der Waals surface area (Å²) in [7, 11) is 1.91. The van der Waals surface area contributed by atoms with Gasteiger partial charge in [-0.2, -0.15) is 5.10 Å². The van der Waals surface area contributed by atoms with Crippen molar-refractivity contribution in [2.75, 3.05) is 0 Å². The minimum atomic E-state index is -0.0404. The van der Waals surface area contributed by atoms with Gasteiger partial charge >= 0.3 is 0 Å². The predicted octanol–water partition coefficient (Wildman–Crippen LogP) is 6.68. The Labute approximate surface area is 216 Å². The molecule has 3 heterocycles. The van der Waals surface area contributed by atoms with Crippen molar-refractivity contribution in [1.29, 1.82) is 0 Å². The second kappa shape index (κ2) is 9.78. The van der Waals surface area contributed by atoms with Crippen molar-refractivity contribution in [3.05, 3.63) is 94.8 Å². The Kier molecular flexibility index (Phi) is 6.54. The van der Waals surface area contributed by atoms with Crippen LogP contribution in [0.1, 0.15) is 50.7 Å². The average molecular weight is 499 g/mol. The van der Waals surface area contributed by atoms with Crippen molar-refractivity contribution < 1.29 is 0 Å². The zero-order valence-electron chi connectivity index (χ0n) is 20.9. The van der Waals surface area contributed by atoms with Gasteiger partial charge in [-0.15, -0.1) is 0 Å². The van der Waals surface area contributed by atoms with Crippen molar-refractivity contribution in [2.24, 2.45) is 17.8 Å². The molecule has 1 aliphatic rings. The van der Waals surface area contributed by atoms with Gasteiger partial charge in [-0.05, 0) is 62.6 Å². The third-order valence-electron chi connectivity index (χ3n) is 7.35. The fraction of sp³-hybridized carbons (Fsp3) is 0.276. The van der Waals surface area contributed by atoms with Gasteiger partial charge in [-0.25, -0.2) is 9.98 Å². The summed E-state index contributed by atoms with van der Waals surface area (Å²) in [6.07, 6.45) is 16.3. The molecule has 0 unspecified atom stereocenters. The summed E-state index contributed by atoms with van der Waals surface area (Å²) in [4.78, 5) is 12.8. The molecule has 3 aromatic heterocycles. The topological polar surface area (TPSA) is 84.9 Å². The highest BCUT2D eigenvalue weighted by Crippen LogP contribution is 2.47. The second-order valence-corrected chi connectivity index (χ2v) is 10.00. The number of benzene rings is 1. The van der Waals surface area contributed by atoms with E-state index in [1.807, 2.05) is 57.0 Å². The van der Waals surface area contributed by atoms with Crippen LogP contribution in [0, 0.1) is 0 Å². The lowest BCUT2D eigenvalue weighted by Gasteiger charge is -2.31. The number of H-pyrrole nitrogens is 1. The molecule has 0 bridgehead atoms. The maximum absolute atomic E-state index is 6.23. The van der Waals surface area contributed by atoms with Crippen LogP contribution in [-0.4, -0.2) is 25.5 Å². The van der Waals surface area contributed by atoms with Crippen molar-refractivity contribution in [3.63, 3.8) is 0 Å². The van der Waals surface area contributed by atoms with Crippen molar-refractivity contribution in [2.45, 2.75) is 44.9 Å². The number of nitrogens with two attached hydrogens (primary N) is 1. The maximum Gasteiger partial charge on any atom is 0.137 e. The van der Waals surface area contributed by atoms with E-state index in [1.54, 1.807) is 4.68 Å². The quantitative estimate of drug-likeness (QED) is 0.290. The SMILES string of the molecule is CC=C(N)/N=C(\C=C(/C)C1(c2ccc(Cl)cc2)CCCC1)c1c[nH]c2ncc(-c3cnn(C)c3)cc12. The third kappa shape index (κ3) is 4.49. The highest BCUT2D eigenvalue weighted by atomic mass is 35.5. The molecule has 0 radical (unpaired) electrons. The highest BCUT2D eigenvalue weighted by Gasteiger charge is 2.37. The monoisotopic (exact) mass is 498 g/mol. The third-order valence-corrected chi connectivity index (χ3v) is 7.60. The standard InChI is InChI=1S/C29H31ClN6/c1-4-27(31)35-26(13-19(2)29(11-5-6-12-29)22-7-9-23(30)10-8-22)25-17-33-28-24(25)14-20(15-32-28)21-16-34-36(3)18-21/h4,7-10,13-18H,5-6,11-12,31H2,1-3H3,(H,32,33)/b19-13+,27-4?,35-26+. The fourth-order valence-electron chi connectivity index (χ4n) is 5.32. The molecule has 1 fully saturated rings. The van der Waals surface area contributed by atoms with Crippen LogP contribution < -0.4 is 5.73 Å². The molecule has 7 heteroatoms. The molecule has 0 aliphatic heterocycles. The molecule has 3 N–H and O–H groups in total. The Morgan fingerprint density at radius 3 is 2.58 bits per heavy atom. The van der Waals surface area contributed by atoms with Gasteiger partial charge in [0.05, 0.1) is 11.9 Å². The Morgan fingerprint density at radius 1 is 1.17 bits per heavy atom. The molecule has 0 spiro atoms. The molecule has 0 amide bonds. The maximum atomic E-state index is 6.23. The van der Waals surface area contributed by atoms with Crippen molar-refractivity contribution >= 4 is 28.3 Å². The molecule has 1 aliphatic carbocycles. The van der Waals surface area contributed by atoms with E-state index in [0.29, 0.717) is 5.82 Å². The fourth-order valence-corrected chi connectivity index (χ4v) is 5.44. The first-order valence-electron chi connectivity index (χ1n) is 12.3. The number of rotatable bonds is 6. The molecular weight excluding hydrogens is 468 g/mol. The zero-order valence-corrected chi connectivity index (χ0v) is 21.7. The van der Waals surface area contributed by atoms with E-state index in [-0.39, 0.29) is 5.41 Å². The van der Waals surface area contributed by atoms with Crippen molar-refractivity contribution in [3.8, 4) is 11.1 Å². The summed E-state index contributed by atoms with van der Waals surface area (Å²) >= 11 is 6.21. The highest BCUT2D eigenvalue weighted by molar-refractivity contribution is 6.30. The number of aliphatic imine (C=N–C) groups is 1. The molecular formula is C29H31ClN6. The van der Waals surface area contributed by atoms with E-state index in [0.717, 1.165) is 51.3 Å². The van der Waals surface area contributed by atoms with Crippen LogP contribution >= 0.6 is 11.6 Å².